The van der Waals surface area contributed by atoms with Gasteiger partial charge >= 0.3 is 0 Å². The number of rotatable bonds is 5. The quantitative estimate of drug-likeness (QED) is 0.575. The van der Waals surface area contributed by atoms with Gasteiger partial charge in [-0.1, -0.05) is 0 Å². The third-order valence-electron chi connectivity index (χ3n) is 1.71. The molecule has 5 heteroatoms. The molecule has 0 heterocycles. The predicted molar refractivity (Wildman–Crippen MR) is 50.0 cm³/mol. The molecule has 0 spiro atoms. The van der Waals surface area contributed by atoms with E-state index >= 15 is 0 Å². The van der Waals surface area contributed by atoms with Crippen molar-refractivity contribution >= 4 is 11.8 Å². The summed E-state index contributed by atoms with van der Waals surface area (Å²) in [5, 5.41) is 2.49. The number of amides is 2. The highest BCUT2D eigenvalue weighted by atomic mass is 16.2. The van der Waals surface area contributed by atoms with Crippen LogP contribution in [0.25, 0.3) is 0 Å². The molecule has 0 unspecified atom stereocenters. The molecule has 0 aliphatic carbocycles. The van der Waals surface area contributed by atoms with E-state index in [1.54, 1.807) is 11.9 Å². The molecule has 0 aromatic carbocycles. The smallest absolute Gasteiger partial charge is 0.241 e. The largest absolute Gasteiger partial charge is 0.347 e. The molecule has 5 nitrogen and oxygen atoms in total. The van der Waals surface area contributed by atoms with Gasteiger partial charge in [0.25, 0.3) is 0 Å². The topological polar surface area (TPSA) is 75.4 Å². The minimum atomic E-state index is -0.180. The SMILES string of the molecule is CCN(C)C(=O)CNC(=O)CCN. The van der Waals surface area contributed by atoms with Crippen LogP contribution in [0.5, 0.6) is 0 Å². The molecular formula is C8H17N3O2. The Morgan fingerprint density at radius 3 is 2.54 bits per heavy atom. The van der Waals surface area contributed by atoms with Crippen LogP contribution < -0.4 is 11.1 Å². The van der Waals surface area contributed by atoms with Crippen molar-refractivity contribution in [3.05, 3.63) is 0 Å². The summed E-state index contributed by atoms with van der Waals surface area (Å²) in [6, 6.07) is 0. The van der Waals surface area contributed by atoms with Gasteiger partial charge < -0.3 is 16.0 Å². The number of hydrogen-bond acceptors (Lipinski definition) is 3. The van der Waals surface area contributed by atoms with Crippen LogP contribution in [0, 0.1) is 0 Å². The summed E-state index contributed by atoms with van der Waals surface area (Å²) in [5.74, 6) is -0.270. The molecule has 13 heavy (non-hydrogen) atoms. The van der Waals surface area contributed by atoms with E-state index in [9.17, 15) is 9.59 Å². The first-order chi connectivity index (χ1) is 6.11. The van der Waals surface area contributed by atoms with Crippen LogP contribution in [0.1, 0.15) is 13.3 Å². The normalized spacial score (nSPS) is 9.46. The standard InChI is InChI=1S/C8H17N3O2/c1-3-11(2)8(13)6-10-7(12)4-5-9/h3-6,9H2,1-2H3,(H,10,12). The van der Waals surface area contributed by atoms with Crippen LogP contribution >= 0.6 is 0 Å². The molecule has 0 bridgehead atoms. The van der Waals surface area contributed by atoms with Crippen molar-refractivity contribution in [2.45, 2.75) is 13.3 Å². The average molecular weight is 187 g/mol. The summed E-state index contributed by atoms with van der Waals surface area (Å²) in [6.07, 6.45) is 0.267. The van der Waals surface area contributed by atoms with Gasteiger partial charge in [0, 0.05) is 26.6 Å². The lowest BCUT2D eigenvalue weighted by atomic mass is 10.4. The Hall–Kier alpha value is -1.10. The van der Waals surface area contributed by atoms with Gasteiger partial charge in [0.1, 0.15) is 0 Å². The van der Waals surface area contributed by atoms with Crippen LogP contribution in [0.2, 0.25) is 0 Å². The Kier molecular flexibility index (Phi) is 5.88. The maximum absolute atomic E-state index is 11.2. The molecule has 0 aromatic rings. The summed E-state index contributed by atoms with van der Waals surface area (Å²) in [7, 11) is 1.69. The fourth-order valence-electron chi connectivity index (χ4n) is 0.705. The summed E-state index contributed by atoms with van der Waals surface area (Å²) in [5.41, 5.74) is 5.17. The lowest BCUT2D eigenvalue weighted by molar-refractivity contribution is -0.131. The van der Waals surface area contributed by atoms with Crippen molar-refractivity contribution in [2.75, 3.05) is 26.7 Å². The van der Waals surface area contributed by atoms with Gasteiger partial charge in [0.05, 0.1) is 6.54 Å². The van der Waals surface area contributed by atoms with Gasteiger partial charge in [-0.3, -0.25) is 9.59 Å². The van der Waals surface area contributed by atoms with E-state index in [1.807, 2.05) is 6.92 Å². The van der Waals surface area contributed by atoms with E-state index in [-0.39, 0.29) is 24.8 Å². The number of hydrogen-bond donors (Lipinski definition) is 2. The van der Waals surface area contributed by atoms with Crippen molar-refractivity contribution in [3.8, 4) is 0 Å². The third-order valence-corrected chi connectivity index (χ3v) is 1.71. The Balaban J connectivity index is 3.63. The van der Waals surface area contributed by atoms with E-state index in [0.29, 0.717) is 13.1 Å². The Morgan fingerprint density at radius 2 is 2.08 bits per heavy atom. The van der Waals surface area contributed by atoms with Gasteiger partial charge in [-0.05, 0) is 6.92 Å². The van der Waals surface area contributed by atoms with Crippen molar-refractivity contribution < 1.29 is 9.59 Å². The highest BCUT2D eigenvalue weighted by molar-refractivity contribution is 5.84. The molecule has 2 amide bonds. The van der Waals surface area contributed by atoms with Gasteiger partial charge in [0.15, 0.2) is 0 Å². The Bertz CT molecular complexity index is 182. The fraction of sp³-hybridized carbons (Fsp3) is 0.750. The van der Waals surface area contributed by atoms with Crippen LogP contribution in [-0.2, 0) is 9.59 Å². The molecule has 0 radical (unpaired) electrons. The number of nitrogens with zero attached hydrogens (tertiary/aromatic N) is 1. The zero-order valence-electron chi connectivity index (χ0n) is 8.17. The molecule has 0 atom stereocenters. The van der Waals surface area contributed by atoms with E-state index < -0.39 is 0 Å². The summed E-state index contributed by atoms with van der Waals surface area (Å²) >= 11 is 0. The van der Waals surface area contributed by atoms with Crippen LogP contribution in [0.15, 0.2) is 0 Å². The Morgan fingerprint density at radius 1 is 1.46 bits per heavy atom. The van der Waals surface area contributed by atoms with Crippen LogP contribution in [-0.4, -0.2) is 43.4 Å². The maximum atomic E-state index is 11.2. The number of likely N-dealkylation sites (N-methyl/N-ethyl adjacent to an activating group) is 1. The first-order valence-corrected chi connectivity index (χ1v) is 4.32. The van der Waals surface area contributed by atoms with Gasteiger partial charge in [0.2, 0.25) is 11.8 Å². The van der Waals surface area contributed by atoms with Gasteiger partial charge in [-0.15, -0.1) is 0 Å². The summed E-state index contributed by atoms with van der Waals surface area (Å²) in [6.45, 7) is 2.89. The first kappa shape index (κ1) is 11.9. The molecule has 0 aliphatic rings. The van der Waals surface area contributed by atoms with Crippen molar-refractivity contribution in [1.29, 1.82) is 0 Å². The summed E-state index contributed by atoms with van der Waals surface area (Å²) < 4.78 is 0. The molecule has 76 valence electrons. The first-order valence-electron chi connectivity index (χ1n) is 4.32. The Labute approximate surface area is 78.3 Å². The minimum absolute atomic E-state index is 0.0587. The number of nitrogens with two attached hydrogens (primary N) is 1. The lowest BCUT2D eigenvalue weighted by Crippen LogP contribution is -2.38. The number of nitrogens with one attached hydrogen (secondary N) is 1. The zero-order valence-corrected chi connectivity index (χ0v) is 8.17. The number of carbonyl (C=O) groups excluding carboxylic acids is 2. The van der Waals surface area contributed by atoms with Crippen molar-refractivity contribution in [1.82, 2.24) is 10.2 Å². The molecule has 0 aromatic heterocycles. The maximum Gasteiger partial charge on any atom is 0.241 e. The van der Waals surface area contributed by atoms with E-state index in [4.69, 9.17) is 5.73 Å². The second kappa shape index (κ2) is 6.42. The highest BCUT2D eigenvalue weighted by Gasteiger charge is 2.07. The molecule has 0 rings (SSSR count). The monoisotopic (exact) mass is 187 g/mol. The molecule has 3 N–H and O–H groups in total. The van der Waals surface area contributed by atoms with Gasteiger partial charge in [-0.2, -0.15) is 0 Å². The van der Waals surface area contributed by atoms with E-state index in [0.717, 1.165) is 0 Å². The minimum Gasteiger partial charge on any atom is -0.347 e. The van der Waals surface area contributed by atoms with Gasteiger partial charge in [-0.25, -0.2) is 0 Å². The summed E-state index contributed by atoms with van der Waals surface area (Å²) in [4.78, 5) is 23.6. The molecule has 0 saturated heterocycles. The van der Waals surface area contributed by atoms with Crippen LogP contribution in [0.3, 0.4) is 0 Å². The lowest BCUT2D eigenvalue weighted by Gasteiger charge is -2.14. The molecule has 0 aliphatic heterocycles. The van der Waals surface area contributed by atoms with Crippen molar-refractivity contribution in [2.24, 2.45) is 5.73 Å². The second-order valence-corrected chi connectivity index (χ2v) is 2.72. The van der Waals surface area contributed by atoms with Crippen molar-refractivity contribution in [3.63, 3.8) is 0 Å². The zero-order chi connectivity index (χ0) is 10.3. The number of carbonyl (C=O) groups is 2. The third kappa shape index (κ3) is 5.19. The van der Waals surface area contributed by atoms with Crippen LogP contribution in [0.4, 0.5) is 0 Å². The molecular weight excluding hydrogens is 170 g/mol. The van der Waals surface area contributed by atoms with E-state index in [2.05, 4.69) is 5.32 Å². The highest BCUT2D eigenvalue weighted by Crippen LogP contribution is 1.82. The second-order valence-electron chi connectivity index (χ2n) is 2.72. The van der Waals surface area contributed by atoms with E-state index in [1.165, 1.54) is 0 Å². The molecule has 0 saturated carbocycles. The predicted octanol–water partition coefficient (Wildman–Crippen LogP) is -1.07. The fourth-order valence-corrected chi connectivity index (χ4v) is 0.705. The molecule has 0 fully saturated rings. The average Bonchev–Trinajstić information content (AvgIpc) is 2.13.